The monoisotopic (exact) mass is 505 g/mol. The number of aromatic nitrogens is 1. The van der Waals surface area contributed by atoms with Crippen LogP contribution in [0.1, 0.15) is 73.1 Å². The lowest BCUT2D eigenvalue weighted by Crippen LogP contribution is -2.59. The first-order valence-corrected chi connectivity index (χ1v) is 14.2. The summed E-state index contributed by atoms with van der Waals surface area (Å²) in [7, 11) is 1.71. The van der Waals surface area contributed by atoms with E-state index in [0.29, 0.717) is 22.8 Å². The number of carbonyl (C=O) groups is 1. The fraction of sp³-hybridized carbons (Fsp3) is 0.786. The molecule has 0 bridgehead atoms. The van der Waals surface area contributed by atoms with Crippen LogP contribution in [0.4, 0.5) is 0 Å². The number of thioether (sulfide) groups is 1. The SMILES string of the molecule is CC[C@H](C)C[C@H](C)[C@@H]1C[C@@H]2OC3(C[C@H](C)[C@H](OC)[C@H](CC(=O)Sc4ccccn4)O3)C[C@H](C)[C@@H]2O1. The zero-order chi connectivity index (χ0) is 25.2. The Bertz CT molecular complexity index is 840. The molecule has 3 aliphatic heterocycles. The van der Waals surface area contributed by atoms with E-state index in [0.717, 1.165) is 19.3 Å². The highest BCUT2D eigenvalue weighted by atomic mass is 32.2. The summed E-state index contributed by atoms with van der Waals surface area (Å²) in [6.45, 7) is 11.3. The highest BCUT2D eigenvalue weighted by Crippen LogP contribution is 2.49. The molecule has 0 saturated carbocycles. The first-order valence-electron chi connectivity index (χ1n) is 13.4. The van der Waals surface area contributed by atoms with Crippen molar-refractivity contribution >= 4 is 16.9 Å². The van der Waals surface area contributed by atoms with Crippen molar-refractivity contribution in [2.45, 2.75) is 114 Å². The van der Waals surface area contributed by atoms with Crippen molar-refractivity contribution in [2.24, 2.45) is 23.7 Å². The Labute approximate surface area is 215 Å². The summed E-state index contributed by atoms with van der Waals surface area (Å²) in [5.74, 6) is 1.09. The van der Waals surface area contributed by atoms with Gasteiger partial charge in [-0.2, -0.15) is 0 Å². The zero-order valence-corrected chi connectivity index (χ0v) is 23.0. The van der Waals surface area contributed by atoms with Crippen LogP contribution in [0.25, 0.3) is 0 Å². The summed E-state index contributed by atoms with van der Waals surface area (Å²) in [5.41, 5.74) is 0. The summed E-state index contributed by atoms with van der Waals surface area (Å²) in [6, 6.07) is 5.60. The largest absolute Gasteiger partial charge is 0.378 e. The smallest absolute Gasteiger partial charge is 0.197 e. The van der Waals surface area contributed by atoms with Crippen LogP contribution in [0.2, 0.25) is 0 Å². The Balaban J connectivity index is 1.44. The topological polar surface area (TPSA) is 66.9 Å². The number of nitrogens with zero attached hydrogens (tertiary/aromatic N) is 1. The quantitative estimate of drug-likeness (QED) is 0.409. The van der Waals surface area contributed by atoms with Gasteiger partial charge in [-0.3, -0.25) is 4.79 Å². The molecule has 0 N–H and O–H groups in total. The normalized spacial score (nSPS) is 38.7. The number of fused-ring (bicyclic) bond motifs is 1. The molecule has 35 heavy (non-hydrogen) atoms. The van der Waals surface area contributed by atoms with E-state index in [4.69, 9.17) is 18.9 Å². The number of rotatable bonds is 8. The third-order valence-electron chi connectivity index (χ3n) is 8.25. The molecular weight excluding hydrogens is 462 g/mol. The third-order valence-corrected chi connectivity index (χ3v) is 9.10. The Morgan fingerprint density at radius 2 is 2.00 bits per heavy atom. The molecule has 0 aliphatic carbocycles. The Morgan fingerprint density at radius 1 is 1.23 bits per heavy atom. The van der Waals surface area contributed by atoms with Gasteiger partial charge < -0.3 is 18.9 Å². The maximum absolute atomic E-state index is 12.9. The first-order chi connectivity index (χ1) is 16.7. The molecule has 4 rings (SSSR count). The van der Waals surface area contributed by atoms with Crippen LogP contribution in [0.3, 0.4) is 0 Å². The molecule has 4 heterocycles. The first kappa shape index (κ1) is 27.1. The molecule has 1 aromatic heterocycles. The van der Waals surface area contributed by atoms with Crippen LogP contribution in [0.15, 0.2) is 29.4 Å². The highest BCUT2D eigenvalue weighted by molar-refractivity contribution is 8.13. The van der Waals surface area contributed by atoms with Crippen LogP contribution in [-0.4, -0.2) is 53.5 Å². The van der Waals surface area contributed by atoms with Gasteiger partial charge in [-0.15, -0.1) is 0 Å². The molecule has 6 nitrogen and oxygen atoms in total. The van der Waals surface area contributed by atoms with Crippen molar-refractivity contribution in [1.82, 2.24) is 4.98 Å². The summed E-state index contributed by atoms with van der Waals surface area (Å²) >= 11 is 1.17. The van der Waals surface area contributed by atoms with Gasteiger partial charge in [0.1, 0.15) is 5.03 Å². The van der Waals surface area contributed by atoms with Crippen molar-refractivity contribution in [3.05, 3.63) is 24.4 Å². The van der Waals surface area contributed by atoms with E-state index >= 15 is 0 Å². The second kappa shape index (κ2) is 11.6. The number of methoxy groups -OCH3 is 1. The lowest BCUT2D eigenvalue weighted by molar-refractivity contribution is -0.353. The predicted octanol–water partition coefficient (Wildman–Crippen LogP) is 5.88. The second-order valence-corrected chi connectivity index (χ2v) is 12.3. The van der Waals surface area contributed by atoms with Gasteiger partial charge in [0.25, 0.3) is 0 Å². The van der Waals surface area contributed by atoms with Crippen molar-refractivity contribution in [3.63, 3.8) is 0 Å². The van der Waals surface area contributed by atoms with Crippen molar-refractivity contribution in [3.8, 4) is 0 Å². The Kier molecular flexibility index (Phi) is 8.96. The van der Waals surface area contributed by atoms with E-state index in [1.807, 2.05) is 18.2 Å². The molecular formula is C28H43NO5S. The van der Waals surface area contributed by atoms with Gasteiger partial charge in [-0.1, -0.05) is 47.1 Å². The maximum atomic E-state index is 12.9. The van der Waals surface area contributed by atoms with Gasteiger partial charge >= 0.3 is 0 Å². The molecule has 0 radical (unpaired) electrons. The van der Waals surface area contributed by atoms with Crippen molar-refractivity contribution in [1.29, 1.82) is 0 Å². The summed E-state index contributed by atoms with van der Waals surface area (Å²) in [5, 5.41) is 0.737. The molecule has 10 atom stereocenters. The molecule has 1 aromatic rings. The minimum absolute atomic E-state index is 0.0323. The minimum Gasteiger partial charge on any atom is -0.378 e. The number of carbonyl (C=O) groups excluding carboxylic acids is 1. The van der Waals surface area contributed by atoms with Crippen LogP contribution >= 0.6 is 11.8 Å². The molecule has 3 saturated heterocycles. The van der Waals surface area contributed by atoms with Crippen LogP contribution in [-0.2, 0) is 23.7 Å². The molecule has 1 spiro atoms. The van der Waals surface area contributed by atoms with Gasteiger partial charge in [0.15, 0.2) is 10.9 Å². The molecule has 7 heteroatoms. The molecule has 0 aromatic carbocycles. The number of pyridine rings is 1. The van der Waals surface area contributed by atoms with E-state index in [2.05, 4.69) is 39.6 Å². The number of hydrogen-bond donors (Lipinski definition) is 0. The van der Waals surface area contributed by atoms with Crippen molar-refractivity contribution < 1.29 is 23.7 Å². The Morgan fingerprint density at radius 3 is 2.69 bits per heavy atom. The van der Waals surface area contributed by atoms with Crippen LogP contribution in [0, 0.1) is 23.7 Å². The highest BCUT2D eigenvalue weighted by Gasteiger charge is 2.56. The summed E-state index contributed by atoms with van der Waals surface area (Å²) < 4.78 is 25.9. The standard InChI is InChI=1S/C28H43NO5S/c1-7-17(2)12-18(3)21-13-22-27(32-21)20(5)16-28(33-22)15-19(4)26(31-6)23(34-28)14-25(30)35-24-10-8-9-11-29-24/h8-11,17-23,26-27H,7,12-16H2,1-6H3/t17-,18-,19-,20-,21-,22-,23-,26-,27-,28?/m0/s1. The predicted molar refractivity (Wildman–Crippen MR) is 137 cm³/mol. The van der Waals surface area contributed by atoms with Gasteiger partial charge in [-0.05, 0) is 54.0 Å². The minimum atomic E-state index is -0.687. The second-order valence-electron chi connectivity index (χ2n) is 11.2. The zero-order valence-electron chi connectivity index (χ0n) is 22.1. The summed E-state index contributed by atoms with van der Waals surface area (Å²) in [6.07, 6.45) is 6.70. The van der Waals surface area contributed by atoms with Gasteiger partial charge in [-0.25, -0.2) is 4.98 Å². The fourth-order valence-corrected chi connectivity index (χ4v) is 7.16. The van der Waals surface area contributed by atoms with E-state index in [1.165, 1.54) is 24.6 Å². The number of hydrogen-bond acceptors (Lipinski definition) is 7. The van der Waals surface area contributed by atoms with E-state index < -0.39 is 5.79 Å². The lowest BCUT2D eigenvalue weighted by atomic mass is 9.79. The molecule has 196 valence electrons. The average Bonchev–Trinajstić information content (AvgIpc) is 3.24. The molecule has 1 unspecified atom stereocenters. The molecule has 3 fully saturated rings. The van der Waals surface area contributed by atoms with E-state index in [1.54, 1.807) is 13.3 Å². The third kappa shape index (κ3) is 6.30. The van der Waals surface area contributed by atoms with Gasteiger partial charge in [0, 0.05) is 39.0 Å². The van der Waals surface area contributed by atoms with Crippen LogP contribution in [0.5, 0.6) is 0 Å². The Hall–Kier alpha value is -0.990. The van der Waals surface area contributed by atoms with Gasteiger partial charge in [0.05, 0.1) is 30.5 Å². The van der Waals surface area contributed by atoms with Crippen molar-refractivity contribution in [2.75, 3.05) is 7.11 Å². The maximum Gasteiger partial charge on any atom is 0.197 e. The van der Waals surface area contributed by atoms with Crippen LogP contribution < -0.4 is 0 Å². The fourth-order valence-electron chi connectivity index (χ4n) is 6.42. The average molecular weight is 506 g/mol. The number of ether oxygens (including phenoxy) is 4. The molecule has 3 aliphatic rings. The molecule has 0 amide bonds. The van der Waals surface area contributed by atoms with Gasteiger partial charge in [0.2, 0.25) is 0 Å². The lowest BCUT2D eigenvalue weighted by Gasteiger charge is -2.52. The summed E-state index contributed by atoms with van der Waals surface area (Å²) in [4.78, 5) is 17.2. The van der Waals surface area contributed by atoms with E-state index in [-0.39, 0.29) is 48.0 Å². The van der Waals surface area contributed by atoms with E-state index in [9.17, 15) is 4.79 Å².